The molecule has 0 aromatic heterocycles. The van der Waals surface area contributed by atoms with Gasteiger partial charge in [-0.15, -0.1) is 0 Å². The molecule has 0 fully saturated rings. The van der Waals surface area contributed by atoms with Crippen molar-refractivity contribution in [3.8, 4) is 0 Å². The molecule has 4 nitrogen and oxygen atoms in total. The van der Waals surface area contributed by atoms with Gasteiger partial charge in [-0.1, -0.05) is 44.2 Å². The number of methoxy groups -OCH3 is 1. The lowest BCUT2D eigenvalue weighted by Crippen LogP contribution is -2.46. The molecular weight excluding hydrogens is 228 g/mol. The first-order valence-corrected chi connectivity index (χ1v) is 6.16. The lowest BCUT2D eigenvalue weighted by atomic mass is 10.0. The van der Waals surface area contributed by atoms with Gasteiger partial charge in [-0.2, -0.15) is 0 Å². The summed E-state index contributed by atoms with van der Waals surface area (Å²) in [6.45, 7) is 4.29. The summed E-state index contributed by atoms with van der Waals surface area (Å²) in [5.41, 5.74) is 6.85. The topological polar surface area (TPSA) is 64.3 Å². The Morgan fingerprint density at radius 1 is 1.33 bits per heavy atom. The highest BCUT2D eigenvalue weighted by molar-refractivity contribution is 5.82. The van der Waals surface area contributed by atoms with Crippen molar-refractivity contribution in [2.45, 2.75) is 25.9 Å². The van der Waals surface area contributed by atoms with Gasteiger partial charge in [-0.05, 0) is 11.5 Å². The maximum atomic E-state index is 12.0. The van der Waals surface area contributed by atoms with Crippen LogP contribution in [0.3, 0.4) is 0 Å². The Hall–Kier alpha value is -1.39. The van der Waals surface area contributed by atoms with E-state index in [0.717, 1.165) is 5.56 Å². The van der Waals surface area contributed by atoms with Gasteiger partial charge in [0.15, 0.2) is 0 Å². The van der Waals surface area contributed by atoms with Crippen LogP contribution in [-0.2, 0) is 9.53 Å². The smallest absolute Gasteiger partial charge is 0.237 e. The number of ether oxygens (including phenoxy) is 1. The van der Waals surface area contributed by atoms with Crippen LogP contribution in [0.2, 0.25) is 0 Å². The summed E-state index contributed by atoms with van der Waals surface area (Å²) in [6, 6.07) is 9.09. The zero-order valence-corrected chi connectivity index (χ0v) is 11.2. The summed E-state index contributed by atoms with van der Waals surface area (Å²) in [6.07, 6.45) is 0. The molecule has 0 aliphatic heterocycles. The summed E-state index contributed by atoms with van der Waals surface area (Å²) in [4.78, 5) is 12.0. The molecule has 1 aromatic carbocycles. The van der Waals surface area contributed by atoms with E-state index in [2.05, 4.69) is 5.32 Å². The minimum Gasteiger partial charge on any atom is -0.382 e. The van der Waals surface area contributed by atoms with E-state index < -0.39 is 6.04 Å². The predicted octanol–water partition coefficient (Wildman–Crippen LogP) is 1.47. The maximum Gasteiger partial charge on any atom is 0.237 e. The van der Waals surface area contributed by atoms with Crippen LogP contribution in [0.1, 0.15) is 25.5 Å². The average Bonchev–Trinajstić information content (AvgIpc) is 2.38. The molecule has 2 unspecified atom stereocenters. The molecule has 0 saturated heterocycles. The molecule has 0 heterocycles. The fourth-order valence-corrected chi connectivity index (χ4v) is 1.64. The number of benzene rings is 1. The minimum absolute atomic E-state index is 0.115. The standard InChI is InChI=1S/C14H22N2O2/c1-10(2)13(15)14(17)16-12(9-18-3)11-7-5-4-6-8-11/h4-8,10,12-13H,9,15H2,1-3H3,(H,16,17). The molecule has 18 heavy (non-hydrogen) atoms. The molecule has 1 amide bonds. The molecule has 2 atom stereocenters. The summed E-state index contributed by atoms with van der Waals surface area (Å²) < 4.78 is 5.14. The Bertz CT molecular complexity index is 365. The molecule has 3 N–H and O–H groups in total. The third kappa shape index (κ3) is 4.13. The van der Waals surface area contributed by atoms with Gasteiger partial charge in [0.05, 0.1) is 18.7 Å². The first-order chi connectivity index (χ1) is 8.56. The first-order valence-electron chi connectivity index (χ1n) is 6.16. The number of carbonyl (C=O) groups excluding carboxylic acids is 1. The molecule has 0 aliphatic carbocycles. The number of rotatable bonds is 6. The Morgan fingerprint density at radius 2 is 1.94 bits per heavy atom. The van der Waals surface area contributed by atoms with E-state index in [0.29, 0.717) is 6.61 Å². The van der Waals surface area contributed by atoms with Crippen LogP contribution in [0.5, 0.6) is 0 Å². The van der Waals surface area contributed by atoms with Gasteiger partial charge in [0, 0.05) is 7.11 Å². The largest absolute Gasteiger partial charge is 0.382 e. The fraction of sp³-hybridized carbons (Fsp3) is 0.500. The third-order valence-electron chi connectivity index (χ3n) is 2.87. The lowest BCUT2D eigenvalue weighted by Gasteiger charge is -2.22. The van der Waals surface area contributed by atoms with Crippen molar-refractivity contribution in [2.75, 3.05) is 13.7 Å². The van der Waals surface area contributed by atoms with Crippen LogP contribution in [0.4, 0.5) is 0 Å². The summed E-state index contributed by atoms with van der Waals surface area (Å²) >= 11 is 0. The molecule has 0 saturated carbocycles. The molecule has 4 heteroatoms. The van der Waals surface area contributed by atoms with E-state index in [1.807, 2.05) is 44.2 Å². The van der Waals surface area contributed by atoms with Crippen molar-refractivity contribution in [1.82, 2.24) is 5.32 Å². The van der Waals surface area contributed by atoms with E-state index in [4.69, 9.17) is 10.5 Å². The van der Waals surface area contributed by atoms with Crippen molar-refractivity contribution >= 4 is 5.91 Å². The number of hydrogen-bond donors (Lipinski definition) is 2. The molecule has 0 aliphatic rings. The summed E-state index contributed by atoms with van der Waals surface area (Å²) in [5, 5.41) is 2.93. The highest BCUT2D eigenvalue weighted by Crippen LogP contribution is 2.13. The number of nitrogens with one attached hydrogen (secondary N) is 1. The van der Waals surface area contributed by atoms with Crippen LogP contribution in [0.15, 0.2) is 30.3 Å². The Morgan fingerprint density at radius 3 is 2.44 bits per heavy atom. The monoisotopic (exact) mass is 250 g/mol. The van der Waals surface area contributed by atoms with Gasteiger partial charge in [0.25, 0.3) is 0 Å². The summed E-state index contributed by atoms with van der Waals surface area (Å²) in [5.74, 6) is -0.0279. The quantitative estimate of drug-likeness (QED) is 0.803. The maximum absolute atomic E-state index is 12.0. The Balaban J connectivity index is 2.72. The number of amides is 1. The highest BCUT2D eigenvalue weighted by atomic mass is 16.5. The van der Waals surface area contributed by atoms with Crippen molar-refractivity contribution in [3.05, 3.63) is 35.9 Å². The van der Waals surface area contributed by atoms with Gasteiger partial charge >= 0.3 is 0 Å². The van der Waals surface area contributed by atoms with Crippen LogP contribution in [-0.4, -0.2) is 25.7 Å². The first kappa shape index (κ1) is 14.7. The van der Waals surface area contributed by atoms with Crippen molar-refractivity contribution in [3.63, 3.8) is 0 Å². The Labute approximate surface area is 109 Å². The predicted molar refractivity (Wildman–Crippen MR) is 72.0 cm³/mol. The van der Waals surface area contributed by atoms with E-state index in [-0.39, 0.29) is 17.9 Å². The zero-order chi connectivity index (χ0) is 13.5. The highest BCUT2D eigenvalue weighted by Gasteiger charge is 2.21. The van der Waals surface area contributed by atoms with Gasteiger partial charge in [-0.3, -0.25) is 4.79 Å². The van der Waals surface area contributed by atoms with Crippen LogP contribution in [0, 0.1) is 5.92 Å². The van der Waals surface area contributed by atoms with Crippen molar-refractivity contribution in [1.29, 1.82) is 0 Å². The van der Waals surface area contributed by atoms with E-state index >= 15 is 0 Å². The molecule has 0 bridgehead atoms. The minimum atomic E-state index is -0.493. The fourth-order valence-electron chi connectivity index (χ4n) is 1.64. The number of hydrogen-bond acceptors (Lipinski definition) is 3. The SMILES string of the molecule is COCC(NC(=O)C(N)C(C)C)c1ccccc1. The van der Waals surface area contributed by atoms with Gasteiger partial charge < -0.3 is 15.8 Å². The Kier molecular flexibility index (Phi) is 5.82. The number of nitrogens with two attached hydrogens (primary N) is 1. The van der Waals surface area contributed by atoms with Crippen molar-refractivity contribution < 1.29 is 9.53 Å². The molecule has 0 radical (unpaired) electrons. The van der Waals surface area contributed by atoms with E-state index in [9.17, 15) is 4.79 Å². The third-order valence-corrected chi connectivity index (χ3v) is 2.87. The molecule has 1 aromatic rings. The normalized spacial score (nSPS) is 14.3. The molecule has 100 valence electrons. The molecular formula is C14H22N2O2. The zero-order valence-electron chi connectivity index (χ0n) is 11.2. The molecule has 0 spiro atoms. The lowest BCUT2D eigenvalue weighted by molar-refractivity contribution is -0.124. The van der Waals surface area contributed by atoms with E-state index in [1.165, 1.54) is 0 Å². The molecule has 1 rings (SSSR count). The van der Waals surface area contributed by atoms with Crippen LogP contribution >= 0.6 is 0 Å². The van der Waals surface area contributed by atoms with Gasteiger partial charge in [-0.25, -0.2) is 0 Å². The van der Waals surface area contributed by atoms with Gasteiger partial charge in [0.2, 0.25) is 5.91 Å². The second-order valence-electron chi connectivity index (χ2n) is 4.70. The number of carbonyl (C=O) groups is 1. The second kappa shape index (κ2) is 7.13. The average molecular weight is 250 g/mol. The van der Waals surface area contributed by atoms with E-state index in [1.54, 1.807) is 7.11 Å². The van der Waals surface area contributed by atoms with Crippen molar-refractivity contribution in [2.24, 2.45) is 11.7 Å². The van der Waals surface area contributed by atoms with Gasteiger partial charge in [0.1, 0.15) is 0 Å². The second-order valence-corrected chi connectivity index (χ2v) is 4.70. The van der Waals surface area contributed by atoms with Crippen LogP contribution in [0.25, 0.3) is 0 Å². The van der Waals surface area contributed by atoms with Crippen LogP contribution < -0.4 is 11.1 Å². The summed E-state index contributed by atoms with van der Waals surface area (Å²) in [7, 11) is 1.62.